The highest BCUT2D eigenvalue weighted by molar-refractivity contribution is 7.84. The molecule has 78 valence electrons. The Hall–Kier alpha value is -1.05. The molecule has 1 rings (SSSR count). The van der Waals surface area contributed by atoms with E-state index in [0.717, 1.165) is 12.1 Å². The molecule has 0 aliphatic heterocycles. The minimum absolute atomic E-state index is 0.0523. The molecule has 1 aromatic carbocycles. The highest BCUT2D eigenvalue weighted by Crippen LogP contribution is 2.09. The summed E-state index contributed by atoms with van der Waals surface area (Å²) in [6.45, 7) is -0.493. The van der Waals surface area contributed by atoms with Crippen LogP contribution < -0.4 is 5.14 Å². The SMILES string of the molecule is NS(=O)(=O)OCc1cc(F)cc(F)c1. The van der Waals surface area contributed by atoms with Crippen LogP contribution in [0.15, 0.2) is 18.2 Å². The Kier molecular flexibility index (Phi) is 3.14. The van der Waals surface area contributed by atoms with E-state index in [1.165, 1.54) is 0 Å². The van der Waals surface area contributed by atoms with E-state index in [2.05, 4.69) is 9.32 Å². The van der Waals surface area contributed by atoms with Crippen LogP contribution in [-0.4, -0.2) is 8.42 Å². The third-order valence-electron chi connectivity index (χ3n) is 1.31. The smallest absolute Gasteiger partial charge is 0.253 e. The monoisotopic (exact) mass is 223 g/mol. The van der Waals surface area contributed by atoms with Crippen LogP contribution in [0.4, 0.5) is 8.78 Å². The Bertz CT molecular complexity index is 412. The van der Waals surface area contributed by atoms with E-state index in [1.807, 2.05) is 0 Å². The van der Waals surface area contributed by atoms with Crippen molar-refractivity contribution in [3.8, 4) is 0 Å². The Labute approximate surface area is 79.6 Å². The summed E-state index contributed by atoms with van der Waals surface area (Å²) in [7, 11) is -4.09. The van der Waals surface area contributed by atoms with Crippen LogP contribution in [0, 0.1) is 11.6 Å². The highest BCUT2D eigenvalue weighted by atomic mass is 32.2. The van der Waals surface area contributed by atoms with Crippen LogP contribution in [0.3, 0.4) is 0 Å². The summed E-state index contributed by atoms with van der Waals surface area (Å²) in [5.74, 6) is -1.61. The van der Waals surface area contributed by atoms with Crippen LogP contribution >= 0.6 is 0 Å². The standard InChI is InChI=1S/C7H7F2NO3S/c8-6-1-5(2-7(9)3-6)4-13-14(10,11)12/h1-3H,4H2,(H2,10,11,12). The van der Waals surface area contributed by atoms with Gasteiger partial charge < -0.3 is 0 Å². The van der Waals surface area contributed by atoms with Crippen molar-refractivity contribution >= 4 is 10.3 Å². The van der Waals surface area contributed by atoms with Crippen LogP contribution in [0.25, 0.3) is 0 Å². The predicted molar refractivity (Wildman–Crippen MR) is 44.3 cm³/mol. The van der Waals surface area contributed by atoms with Gasteiger partial charge in [0.05, 0.1) is 6.61 Å². The lowest BCUT2D eigenvalue weighted by atomic mass is 10.2. The fraction of sp³-hybridized carbons (Fsp3) is 0.143. The first-order valence-electron chi connectivity index (χ1n) is 3.49. The van der Waals surface area contributed by atoms with Crippen molar-refractivity contribution in [2.24, 2.45) is 5.14 Å². The van der Waals surface area contributed by atoms with Crippen molar-refractivity contribution in [1.29, 1.82) is 0 Å². The van der Waals surface area contributed by atoms with Gasteiger partial charge in [-0.2, -0.15) is 8.42 Å². The van der Waals surface area contributed by atoms with E-state index < -0.39 is 28.5 Å². The zero-order valence-electron chi connectivity index (χ0n) is 6.91. The van der Waals surface area contributed by atoms with E-state index in [9.17, 15) is 17.2 Å². The maximum atomic E-state index is 12.6. The molecule has 2 N–H and O–H groups in total. The van der Waals surface area contributed by atoms with Crippen LogP contribution in [0.2, 0.25) is 0 Å². The van der Waals surface area contributed by atoms with Crippen molar-refractivity contribution in [1.82, 2.24) is 0 Å². The molecule has 0 aliphatic rings. The molecule has 0 aliphatic carbocycles. The van der Waals surface area contributed by atoms with Crippen LogP contribution in [0.5, 0.6) is 0 Å². The van der Waals surface area contributed by atoms with Crippen molar-refractivity contribution in [2.75, 3.05) is 0 Å². The van der Waals surface area contributed by atoms with Gasteiger partial charge in [0, 0.05) is 6.07 Å². The lowest BCUT2D eigenvalue weighted by Crippen LogP contribution is -2.15. The third kappa shape index (κ3) is 3.77. The minimum atomic E-state index is -4.09. The number of hydrogen-bond acceptors (Lipinski definition) is 3. The molecular formula is C7H7F2NO3S. The summed E-state index contributed by atoms with van der Waals surface area (Å²) in [4.78, 5) is 0. The van der Waals surface area contributed by atoms with Crippen molar-refractivity contribution in [2.45, 2.75) is 6.61 Å². The first kappa shape index (κ1) is 11.0. The van der Waals surface area contributed by atoms with Crippen LogP contribution in [-0.2, 0) is 21.1 Å². The first-order valence-corrected chi connectivity index (χ1v) is 4.96. The van der Waals surface area contributed by atoms with Gasteiger partial charge in [-0.15, -0.1) is 0 Å². The molecule has 4 nitrogen and oxygen atoms in total. The first-order chi connectivity index (χ1) is 6.37. The summed E-state index contributed by atoms with van der Waals surface area (Å²) in [5, 5.41) is 4.52. The second-order valence-electron chi connectivity index (χ2n) is 2.53. The maximum Gasteiger partial charge on any atom is 0.333 e. The molecule has 0 aromatic heterocycles. The molecule has 1 aromatic rings. The molecule has 0 radical (unpaired) electrons. The van der Waals surface area contributed by atoms with Gasteiger partial charge in [0.1, 0.15) is 11.6 Å². The topological polar surface area (TPSA) is 69.4 Å². The second-order valence-corrected chi connectivity index (χ2v) is 3.75. The Morgan fingerprint density at radius 3 is 2.14 bits per heavy atom. The minimum Gasteiger partial charge on any atom is -0.253 e. The normalized spacial score (nSPS) is 11.6. The summed E-state index contributed by atoms with van der Waals surface area (Å²) in [6, 6.07) is 2.57. The fourth-order valence-electron chi connectivity index (χ4n) is 0.844. The number of hydrogen-bond donors (Lipinski definition) is 1. The van der Waals surface area contributed by atoms with E-state index in [0.29, 0.717) is 6.07 Å². The lowest BCUT2D eigenvalue weighted by molar-refractivity contribution is 0.307. The van der Waals surface area contributed by atoms with Crippen LogP contribution in [0.1, 0.15) is 5.56 Å². The van der Waals surface area contributed by atoms with Crippen molar-refractivity contribution < 1.29 is 21.4 Å². The van der Waals surface area contributed by atoms with Gasteiger partial charge in [0.15, 0.2) is 0 Å². The number of halogens is 2. The highest BCUT2D eigenvalue weighted by Gasteiger charge is 2.05. The molecule has 0 amide bonds. The molecule has 0 saturated heterocycles. The van der Waals surface area contributed by atoms with Gasteiger partial charge in [-0.25, -0.2) is 13.9 Å². The van der Waals surface area contributed by atoms with Gasteiger partial charge in [-0.05, 0) is 17.7 Å². The number of benzene rings is 1. The molecule has 0 saturated carbocycles. The quantitative estimate of drug-likeness (QED) is 0.819. The van der Waals surface area contributed by atoms with Gasteiger partial charge in [-0.3, -0.25) is 4.18 Å². The molecule has 7 heteroatoms. The maximum absolute atomic E-state index is 12.6. The van der Waals surface area contributed by atoms with Crippen molar-refractivity contribution in [3.05, 3.63) is 35.4 Å². The second kappa shape index (κ2) is 3.99. The molecule has 0 heterocycles. The van der Waals surface area contributed by atoms with Crippen molar-refractivity contribution in [3.63, 3.8) is 0 Å². The summed E-state index contributed by atoms with van der Waals surface area (Å²) >= 11 is 0. The molecule has 14 heavy (non-hydrogen) atoms. The molecule has 0 spiro atoms. The zero-order chi connectivity index (χ0) is 10.8. The number of nitrogens with two attached hydrogens (primary N) is 1. The Morgan fingerprint density at radius 2 is 1.71 bits per heavy atom. The lowest BCUT2D eigenvalue weighted by Gasteiger charge is -2.01. The summed E-state index contributed by atoms with van der Waals surface area (Å²) < 4.78 is 50.0. The average molecular weight is 223 g/mol. The van der Waals surface area contributed by atoms with Gasteiger partial charge >= 0.3 is 10.3 Å². The van der Waals surface area contributed by atoms with Gasteiger partial charge in [-0.1, -0.05) is 0 Å². The van der Waals surface area contributed by atoms with Gasteiger partial charge in [0.2, 0.25) is 0 Å². The predicted octanol–water partition coefficient (Wildman–Crippen LogP) is 0.685. The summed E-state index contributed by atoms with van der Waals surface area (Å²) in [5.41, 5.74) is 0.0523. The van der Waals surface area contributed by atoms with E-state index in [1.54, 1.807) is 0 Å². The zero-order valence-corrected chi connectivity index (χ0v) is 7.72. The third-order valence-corrected chi connectivity index (χ3v) is 1.76. The van der Waals surface area contributed by atoms with E-state index >= 15 is 0 Å². The number of rotatable bonds is 3. The Morgan fingerprint density at radius 1 is 1.21 bits per heavy atom. The molecule has 0 fully saturated rings. The van der Waals surface area contributed by atoms with Gasteiger partial charge in [0.25, 0.3) is 0 Å². The molecule has 0 bridgehead atoms. The fourth-order valence-corrected chi connectivity index (χ4v) is 1.14. The van der Waals surface area contributed by atoms with E-state index in [-0.39, 0.29) is 5.56 Å². The Balaban J connectivity index is 2.78. The summed E-state index contributed by atoms with van der Waals surface area (Å²) in [6.07, 6.45) is 0. The molecule has 0 atom stereocenters. The average Bonchev–Trinajstić information content (AvgIpc) is 1.97. The van der Waals surface area contributed by atoms with E-state index in [4.69, 9.17) is 0 Å². The molecule has 0 unspecified atom stereocenters. The largest absolute Gasteiger partial charge is 0.333 e. The molecular weight excluding hydrogens is 216 g/mol.